The van der Waals surface area contributed by atoms with Gasteiger partial charge in [0.05, 0.1) is 18.3 Å². The molecule has 0 aliphatic rings. The molecular weight excluding hydrogens is 310 g/mol. The highest BCUT2D eigenvalue weighted by Gasteiger charge is 2.29. The number of hydrogen-bond donors (Lipinski definition) is 1. The van der Waals surface area contributed by atoms with Crippen LogP contribution >= 0.6 is 0 Å². The Kier molecular flexibility index (Phi) is 5.74. The van der Waals surface area contributed by atoms with Crippen molar-refractivity contribution in [3.63, 3.8) is 0 Å². The van der Waals surface area contributed by atoms with Gasteiger partial charge in [0.1, 0.15) is 5.82 Å². The molecule has 2 rings (SSSR count). The Bertz CT molecular complexity index is 608. The van der Waals surface area contributed by atoms with Crippen molar-refractivity contribution in [3.8, 4) is 0 Å². The van der Waals surface area contributed by atoms with E-state index < -0.39 is 11.7 Å². The summed E-state index contributed by atoms with van der Waals surface area (Å²) in [7, 11) is 1.76. The van der Waals surface area contributed by atoms with E-state index in [2.05, 4.69) is 5.32 Å². The summed E-state index contributed by atoms with van der Waals surface area (Å²) in [5, 5.41) is 2.98. The molecule has 23 heavy (non-hydrogen) atoms. The number of hydrogen-bond acceptors (Lipinski definition) is 2. The number of benzene rings is 2. The number of alkyl halides is 3. The SMILES string of the molecule is CNCC(OCc1ccc(C(F)(F)F)cc1)c1ccc(F)cc1. The fourth-order valence-electron chi connectivity index (χ4n) is 2.12. The number of nitrogens with one attached hydrogen (secondary N) is 1. The topological polar surface area (TPSA) is 21.3 Å². The van der Waals surface area contributed by atoms with Crippen molar-refractivity contribution in [2.45, 2.75) is 18.9 Å². The van der Waals surface area contributed by atoms with Gasteiger partial charge < -0.3 is 10.1 Å². The van der Waals surface area contributed by atoms with Gasteiger partial charge in [-0.2, -0.15) is 13.2 Å². The van der Waals surface area contributed by atoms with Crippen molar-refractivity contribution < 1.29 is 22.3 Å². The molecule has 1 N–H and O–H groups in total. The molecule has 0 amide bonds. The summed E-state index contributed by atoms with van der Waals surface area (Å²) in [6.45, 7) is 0.675. The van der Waals surface area contributed by atoms with E-state index in [0.29, 0.717) is 12.1 Å². The maximum Gasteiger partial charge on any atom is 0.416 e. The van der Waals surface area contributed by atoms with Gasteiger partial charge in [-0.05, 0) is 42.4 Å². The third-order valence-corrected chi connectivity index (χ3v) is 3.36. The molecule has 0 aromatic heterocycles. The average Bonchev–Trinajstić information content (AvgIpc) is 2.52. The zero-order valence-corrected chi connectivity index (χ0v) is 12.5. The Balaban J connectivity index is 2.02. The summed E-state index contributed by atoms with van der Waals surface area (Å²) < 4.78 is 56.3. The number of halogens is 4. The van der Waals surface area contributed by atoms with Crippen LogP contribution in [0.15, 0.2) is 48.5 Å². The van der Waals surface area contributed by atoms with Crippen LogP contribution in [0.25, 0.3) is 0 Å². The molecule has 2 nitrogen and oxygen atoms in total. The lowest BCUT2D eigenvalue weighted by Gasteiger charge is -2.18. The number of likely N-dealkylation sites (N-methyl/N-ethyl adjacent to an activating group) is 1. The molecule has 6 heteroatoms. The first-order valence-electron chi connectivity index (χ1n) is 7.08. The second kappa shape index (κ2) is 7.57. The largest absolute Gasteiger partial charge is 0.416 e. The Morgan fingerprint density at radius 2 is 1.61 bits per heavy atom. The van der Waals surface area contributed by atoms with Crippen LogP contribution in [-0.4, -0.2) is 13.6 Å². The maximum absolute atomic E-state index is 13.0. The van der Waals surface area contributed by atoms with Gasteiger partial charge in [0.25, 0.3) is 0 Å². The summed E-state index contributed by atoms with van der Waals surface area (Å²) in [5.74, 6) is -0.334. The Morgan fingerprint density at radius 1 is 1.00 bits per heavy atom. The zero-order chi connectivity index (χ0) is 16.9. The van der Waals surface area contributed by atoms with E-state index in [9.17, 15) is 17.6 Å². The molecule has 1 atom stereocenters. The monoisotopic (exact) mass is 327 g/mol. The summed E-state index contributed by atoms with van der Waals surface area (Å²) in [6.07, 6.45) is -4.66. The van der Waals surface area contributed by atoms with E-state index in [0.717, 1.165) is 17.7 Å². The highest BCUT2D eigenvalue weighted by atomic mass is 19.4. The van der Waals surface area contributed by atoms with Crippen molar-refractivity contribution >= 4 is 0 Å². The lowest BCUT2D eigenvalue weighted by atomic mass is 10.1. The summed E-state index contributed by atoms with van der Waals surface area (Å²) in [6, 6.07) is 10.8. The fraction of sp³-hybridized carbons (Fsp3) is 0.294. The minimum atomic E-state index is -4.35. The molecule has 2 aromatic carbocycles. The van der Waals surface area contributed by atoms with Gasteiger partial charge >= 0.3 is 6.18 Å². The van der Waals surface area contributed by atoms with E-state index in [1.807, 2.05) is 0 Å². The molecule has 0 spiro atoms. The molecule has 2 aromatic rings. The zero-order valence-electron chi connectivity index (χ0n) is 12.5. The van der Waals surface area contributed by atoms with Crippen LogP contribution in [0.5, 0.6) is 0 Å². The number of rotatable bonds is 6. The van der Waals surface area contributed by atoms with E-state index in [1.165, 1.54) is 24.3 Å². The van der Waals surface area contributed by atoms with Gasteiger partial charge in [-0.25, -0.2) is 4.39 Å². The van der Waals surface area contributed by atoms with Crippen LogP contribution in [0.1, 0.15) is 22.8 Å². The Hall–Kier alpha value is -1.92. The molecule has 0 bridgehead atoms. The van der Waals surface area contributed by atoms with E-state index in [1.54, 1.807) is 19.2 Å². The molecule has 0 aliphatic heterocycles. The summed E-state index contributed by atoms with van der Waals surface area (Å²) >= 11 is 0. The van der Waals surface area contributed by atoms with Crippen molar-refractivity contribution in [1.29, 1.82) is 0 Å². The maximum atomic E-state index is 13.0. The van der Waals surface area contributed by atoms with E-state index in [4.69, 9.17) is 4.74 Å². The van der Waals surface area contributed by atoms with E-state index in [-0.39, 0.29) is 18.5 Å². The van der Waals surface area contributed by atoms with Crippen LogP contribution in [0.4, 0.5) is 17.6 Å². The molecule has 124 valence electrons. The molecule has 0 fully saturated rings. The molecule has 0 aliphatic carbocycles. The third-order valence-electron chi connectivity index (χ3n) is 3.36. The van der Waals surface area contributed by atoms with Crippen molar-refractivity contribution in [2.75, 3.05) is 13.6 Å². The molecule has 0 heterocycles. The Labute approximate surface area is 132 Å². The van der Waals surface area contributed by atoms with Gasteiger partial charge in [0, 0.05) is 6.54 Å². The van der Waals surface area contributed by atoms with Gasteiger partial charge in [0.2, 0.25) is 0 Å². The highest BCUT2D eigenvalue weighted by molar-refractivity contribution is 5.24. The normalized spacial score (nSPS) is 13.1. The highest BCUT2D eigenvalue weighted by Crippen LogP contribution is 2.29. The van der Waals surface area contributed by atoms with Gasteiger partial charge in [0.15, 0.2) is 0 Å². The second-order valence-electron chi connectivity index (χ2n) is 5.10. The molecular formula is C17H17F4NO. The quantitative estimate of drug-likeness (QED) is 0.798. The Morgan fingerprint density at radius 3 is 2.13 bits per heavy atom. The van der Waals surface area contributed by atoms with Crippen LogP contribution in [-0.2, 0) is 17.5 Å². The number of ether oxygens (including phenoxy) is 1. The second-order valence-corrected chi connectivity index (χ2v) is 5.10. The predicted octanol–water partition coefficient (Wildman–Crippen LogP) is 4.32. The van der Waals surface area contributed by atoms with Crippen molar-refractivity contribution in [2.24, 2.45) is 0 Å². The average molecular weight is 327 g/mol. The van der Waals surface area contributed by atoms with Crippen LogP contribution < -0.4 is 5.32 Å². The molecule has 0 radical (unpaired) electrons. The smallest absolute Gasteiger partial charge is 0.368 e. The third kappa shape index (κ3) is 5.04. The lowest BCUT2D eigenvalue weighted by Crippen LogP contribution is -2.19. The van der Waals surface area contributed by atoms with Gasteiger partial charge in [-0.3, -0.25) is 0 Å². The van der Waals surface area contributed by atoms with Crippen LogP contribution in [0, 0.1) is 5.82 Å². The first kappa shape index (κ1) is 17.4. The predicted molar refractivity (Wildman–Crippen MR) is 79.3 cm³/mol. The molecule has 0 saturated carbocycles. The fourth-order valence-corrected chi connectivity index (χ4v) is 2.12. The van der Waals surface area contributed by atoms with Gasteiger partial charge in [-0.15, -0.1) is 0 Å². The van der Waals surface area contributed by atoms with Crippen molar-refractivity contribution in [3.05, 3.63) is 71.0 Å². The lowest BCUT2D eigenvalue weighted by molar-refractivity contribution is -0.137. The van der Waals surface area contributed by atoms with Gasteiger partial charge in [-0.1, -0.05) is 24.3 Å². The summed E-state index contributed by atoms with van der Waals surface area (Å²) in [5.41, 5.74) is 0.750. The first-order valence-corrected chi connectivity index (χ1v) is 7.08. The summed E-state index contributed by atoms with van der Waals surface area (Å²) in [4.78, 5) is 0. The molecule has 0 saturated heterocycles. The first-order chi connectivity index (χ1) is 10.9. The standard InChI is InChI=1S/C17H17F4NO/c1-22-10-16(13-4-8-15(18)9-5-13)23-11-12-2-6-14(7-3-12)17(19,20)21/h2-9,16,22H,10-11H2,1H3. The minimum Gasteiger partial charge on any atom is -0.368 e. The molecule has 1 unspecified atom stereocenters. The minimum absolute atomic E-state index is 0.169. The van der Waals surface area contributed by atoms with Crippen LogP contribution in [0.3, 0.4) is 0 Å². The van der Waals surface area contributed by atoms with E-state index >= 15 is 0 Å². The van der Waals surface area contributed by atoms with Crippen LogP contribution in [0.2, 0.25) is 0 Å². The van der Waals surface area contributed by atoms with Crippen molar-refractivity contribution in [1.82, 2.24) is 5.32 Å².